The minimum Gasteiger partial charge on any atom is -0.251 e. The molecule has 4 rings (SSSR count). The molecule has 0 aliphatic heterocycles. The number of halogens is 5. The number of alkyl halides is 5. The van der Waals surface area contributed by atoms with Gasteiger partial charge in [0.1, 0.15) is 5.01 Å². The third-order valence-electron chi connectivity index (χ3n) is 4.68. The van der Waals surface area contributed by atoms with E-state index in [1.807, 2.05) is 0 Å². The molecule has 35 heavy (non-hydrogen) atoms. The number of aryl methyl sites for hydroxylation is 1. The Balaban J connectivity index is 0.00000108. The fraction of sp³-hybridized carbons (Fsp3) is 0.130. The second-order valence-electron chi connectivity index (χ2n) is 7.17. The van der Waals surface area contributed by atoms with E-state index >= 15 is 0 Å². The number of pyridine rings is 1. The average Bonchev–Trinajstić information content (AvgIpc) is 3.29. The SMILES string of the molecule is Cc1cc(-c2ccc(C(F)(F)F)cc2)cc(-c2nc(-c3cccc(S(N)(=O)=O)c3)cs2)n1.ClCCl. The molecule has 2 N–H and O–H groups in total. The van der Waals surface area contributed by atoms with E-state index in [1.54, 1.807) is 36.6 Å². The number of sulfonamides is 1. The standard InChI is InChI=1S/C22H16F3N3O2S2.CH2Cl2/c1-13-9-16(14-5-7-17(8-6-14)22(23,24)25)11-19(27-13)21-28-20(12-31-21)15-3-2-4-18(10-15)32(26,29)30;2-1-3/h2-12H,1H3,(H2,26,29,30);1H2. The molecule has 2 aromatic carbocycles. The van der Waals surface area contributed by atoms with Crippen LogP contribution in [0.2, 0.25) is 0 Å². The maximum Gasteiger partial charge on any atom is 0.416 e. The quantitative estimate of drug-likeness (QED) is 0.274. The largest absolute Gasteiger partial charge is 0.416 e. The summed E-state index contributed by atoms with van der Waals surface area (Å²) >= 11 is 10.9. The van der Waals surface area contributed by atoms with Gasteiger partial charge in [-0.3, -0.25) is 4.98 Å². The minimum absolute atomic E-state index is 0.0113. The summed E-state index contributed by atoms with van der Waals surface area (Å²) in [6, 6.07) is 14.7. The summed E-state index contributed by atoms with van der Waals surface area (Å²) in [7, 11) is -3.84. The summed E-state index contributed by atoms with van der Waals surface area (Å²) in [5, 5.41) is 7.77. The summed E-state index contributed by atoms with van der Waals surface area (Å²) in [5.74, 6) is 0. The van der Waals surface area contributed by atoms with Crippen molar-refractivity contribution in [3.63, 3.8) is 0 Å². The summed E-state index contributed by atoms with van der Waals surface area (Å²) < 4.78 is 61.8. The monoisotopic (exact) mass is 559 g/mol. The highest BCUT2D eigenvalue weighted by Gasteiger charge is 2.30. The highest BCUT2D eigenvalue weighted by Crippen LogP contribution is 2.33. The molecule has 4 aromatic rings. The number of nitrogens with two attached hydrogens (primary N) is 1. The Morgan fingerprint density at radius 1 is 0.914 bits per heavy atom. The molecule has 0 saturated carbocycles. The Bertz CT molecular complexity index is 1420. The molecule has 0 saturated heterocycles. The molecule has 0 aliphatic carbocycles. The van der Waals surface area contributed by atoms with Gasteiger partial charge in [0.25, 0.3) is 0 Å². The van der Waals surface area contributed by atoms with Crippen LogP contribution in [0.5, 0.6) is 0 Å². The van der Waals surface area contributed by atoms with Crippen LogP contribution in [0.1, 0.15) is 11.3 Å². The molecule has 0 unspecified atom stereocenters. The lowest BCUT2D eigenvalue weighted by Gasteiger charge is -2.09. The maximum absolute atomic E-state index is 12.8. The number of benzene rings is 2. The van der Waals surface area contributed by atoms with Crippen LogP contribution in [-0.4, -0.2) is 23.7 Å². The van der Waals surface area contributed by atoms with Gasteiger partial charge in [-0.25, -0.2) is 18.5 Å². The Morgan fingerprint density at radius 3 is 2.17 bits per heavy atom. The van der Waals surface area contributed by atoms with Crippen molar-refractivity contribution < 1.29 is 21.6 Å². The number of hydrogen-bond acceptors (Lipinski definition) is 5. The molecule has 184 valence electrons. The van der Waals surface area contributed by atoms with Crippen molar-refractivity contribution in [2.45, 2.75) is 18.0 Å². The lowest BCUT2D eigenvalue weighted by molar-refractivity contribution is -0.137. The van der Waals surface area contributed by atoms with Gasteiger partial charge in [-0.15, -0.1) is 34.5 Å². The van der Waals surface area contributed by atoms with E-state index in [-0.39, 0.29) is 10.2 Å². The molecule has 0 aliphatic rings. The Morgan fingerprint density at radius 2 is 1.57 bits per heavy atom. The van der Waals surface area contributed by atoms with Gasteiger partial charge in [0.05, 0.1) is 27.2 Å². The van der Waals surface area contributed by atoms with Crippen LogP contribution in [0.4, 0.5) is 13.2 Å². The summed E-state index contributed by atoms with van der Waals surface area (Å²) in [4.78, 5) is 9.06. The predicted molar refractivity (Wildman–Crippen MR) is 134 cm³/mol. The van der Waals surface area contributed by atoms with Crippen molar-refractivity contribution in [2.75, 3.05) is 5.34 Å². The third-order valence-corrected chi connectivity index (χ3v) is 6.46. The topological polar surface area (TPSA) is 85.9 Å². The highest BCUT2D eigenvalue weighted by atomic mass is 35.5. The maximum atomic E-state index is 12.8. The van der Waals surface area contributed by atoms with Crippen molar-refractivity contribution in [3.8, 4) is 33.1 Å². The first kappa shape index (κ1) is 27.1. The van der Waals surface area contributed by atoms with Crippen LogP contribution in [0.3, 0.4) is 0 Å². The van der Waals surface area contributed by atoms with Crippen LogP contribution in [0.25, 0.3) is 33.1 Å². The number of nitrogens with zero attached hydrogens (tertiary/aromatic N) is 2. The normalized spacial score (nSPS) is 11.6. The van der Waals surface area contributed by atoms with Gasteiger partial charge in [-0.2, -0.15) is 13.2 Å². The lowest BCUT2D eigenvalue weighted by Crippen LogP contribution is -2.11. The fourth-order valence-corrected chi connectivity index (χ4v) is 4.50. The van der Waals surface area contributed by atoms with Crippen LogP contribution < -0.4 is 5.14 Å². The number of aromatic nitrogens is 2. The van der Waals surface area contributed by atoms with Crippen molar-refractivity contribution in [2.24, 2.45) is 5.14 Å². The van der Waals surface area contributed by atoms with Crippen LogP contribution in [0, 0.1) is 6.92 Å². The summed E-state index contributed by atoms with van der Waals surface area (Å²) in [6.07, 6.45) is -4.39. The molecule has 0 fully saturated rings. The zero-order chi connectivity index (χ0) is 25.8. The van der Waals surface area contributed by atoms with E-state index in [0.29, 0.717) is 38.8 Å². The smallest absolute Gasteiger partial charge is 0.251 e. The predicted octanol–water partition coefficient (Wildman–Crippen LogP) is 6.94. The van der Waals surface area contributed by atoms with E-state index in [2.05, 4.69) is 9.97 Å². The molecule has 0 bridgehead atoms. The van der Waals surface area contributed by atoms with E-state index in [0.717, 1.165) is 12.1 Å². The molecule has 2 heterocycles. The molecule has 5 nitrogen and oxygen atoms in total. The molecular formula is C23H18Cl2F3N3O2S2. The zero-order valence-electron chi connectivity index (χ0n) is 18.1. The first-order valence-electron chi connectivity index (χ1n) is 9.79. The number of rotatable bonds is 4. The minimum atomic E-state index is -4.39. The Labute approximate surface area is 214 Å². The van der Waals surface area contributed by atoms with Gasteiger partial charge in [-0.1, -0.05) is 24.3 Å². The molecule has 0 atom stereocenters. The molecule has 0 amide bonds. The molecule has 12 heteroatoms. The fourth-order valence-electron chi connectivity index (χ4n) is 3.15. The first-order chi connectivity index (χ1) is 16.4. The Hall–Kier alpha value is -2.50. The molecule has 0 radical (unpaired) electrons. The van der Waals surface area contributed by atoms with E-state index < -0.39 is 21.8 Å². The number of hydrogen-bond donors (Lipinski definition) is 1. The highest BCUT2D eigenvalue weighted by molar-refractivity contribution is 7.89. The third kappa shape index (κ3) is 7.02. The molecule has 0 spiro atoms. The Kier molecular flexibility index (Phi) is 8.55. The zero-order valence-corrected chi connectivity index (χ0v) is 21.2. The van der Waals surface area contributed by atoms with Crippen LogP contribution in [-0.2, 0) is 16.2 Å². The average molecular weight is 560 g/mol. The second kappa shape index (κ2) is 11.0. The molecular weight excluding hydrogens is 542 g/mol. The van der Waals surface area contributed by atoms with E-state index in [1.165, 1.54) is 35.6 Å². The first-order valence-corrected chi connectivity index (χ1v) is 13.3. The van der Waals surface area contributed by atoms with Gasteiger partial charge in [0, 0.05) is 16.6 Å². The van der Waals surface area contributed by atoms with Crippen LogP contribution >= 0.6 is 34.5 Å². The van der Waals surface area contributed by atoms with E-state index in [4.69, 9.17) is 28.3 Å². The van der Waals surface area contributed by atoms with Crippen LogP contribution in [0.15, 0.2) is 70.9 Å². The van der Waals surface area contributed by atoms with E-state index in [9.17, 15) is 21.6 Å². The lowest BCUT2D eigenvalue weighted by atomic mass is 10.0. The van der Waals surface area contributed by atoms with Gasteiger partial charge in [0.2, 0.25) is 10.0 Å². The number of thiazole rings is 1. The number of primary sulfonamides is 1. The molecule has 2 aromatic heterocycles. The van der Waals surface area contributed by atoms with Crippen molar-refractivity contribution in [1.82, 2.24) is 9.97 Å². The van der Waals surface area contributed by atoms with Gasteiger partial charge < -0.3 is 0 Å². The van der Waals surface area contributed by atoms with Crippen molar-refractivity contribution in [1.29, 1.82) is 0 Å². The summed E-state index contributed by atoms with van der Waals surface area (Å²) in [6.45, 7) is 1.79. The van der Waals surface area contributed by atoms with Gasteiger partial charge in [-0.05, 0) is 54.4 Å². The van der Waals surface area contributed by atoms with Gasteiger partial charge >= 0.3 is 6.18 Å². The van der Waals surface area contributed by atoms with Crippen molar-refractivity contribution in [3.05, 3.63) is 77.3 Å². The van der Waals surface area contributed by atoms with Crippen molar-refractivity contribution >= 4 is 44.6 Å². The van der Waals surface area contributed by atoms with Gasteiger partial charge in [0.15, 0.2) is 0 Å². The summed E-state index contributed by atoms with van der Waals surface area (Å²) in [5.41, 5.74) is 3.05. The second-order valence-corrected chi connectivity index (χ2v) is 10.4.